The fraction of sp³-hybridized carbons (Fsp3) is 0.231. The molecule has 0 saturated heterocycles. The highest BCUT2D eigenvalue weighted by Gasteiger charge is 2.13. The van der Waals surface area contributed by atoms with Crippen LogP contribution in [-0.4, -0.2) is 16.1 Å². The number of aromatic nitrogens is 2. The minimum Gasteiger partial charge on any atom is -0.397 e. The number of halogens is 1. The molecule has 4 N–H and O–H groups in total. The number of aromatic amines is 1. The number of hydrogen-bond acceptors (Lipinski definition) is 3. The van der Waals surface area contributed by atoms with Crippen LogP contribution in [0, 0.1) is 13.8 Å². The van der Waals surface area contributed by atoms with Gasteiger partial charge in [0.15, 0.2) is 0 Å². The Morgan fingerprint density at radius 3 is 2.84 bits per heavy atom. The first-order valence-corrected chi connectivity index (χ1v) is 6.21. The summed E-state index contributed by atoms with van der Waals surface area (Å²) in [5.74, 6) is -0.250. The van der Waals surface area contributed by atoms with Gasteiger partial charge in [-0.1, -0.05) is 17.7 Å². The Bertz CT molecular complexity index is 602. The Labute approximate surface area is 116 Å². The summed E-state index contributed by atoms with van der Waals surface area (Å²) in [6.07, 6.45) is 0. The van der Waals surface area contributed by atoms with Crippen LogP contribution in [0.4, 0.5) is 5.69 Å². The molecule has 19 heavy (non-hydrogen) atoms. The fourth-order valence-electron chi connectivity index (χ4n) is 1.83. The van der Waals surface area contributed by atoms with E-state index in [1.165, 1.54) is 0 Å². The Balaban J connectivity index is 2.12. The number of benzene rings is 1. The van der Waals surface area contributed by atoms with Gasteiger partial charge < -0.3 is 11.1 Å². The summed E-state index contributed by atoms with van der Waals surface area (Å²) in [5, 5.41) is 10.1. The molecule has 1 aromatic carbocycles. The number of nitrogens with two attached hydrogens (primary N) is 1. The van der Waals surface area contributed by atoms with Gasteiger partial charge >= 0.3 is 0 Å². The molecule has 0 spiro atoms. The molecule has 0 unspecified atom stereocenters. The molecule has 0 aliphatic carbocycles. The number of nitrogen functional groups attached to an aromatic ring is 1. The van der Waals surface area contributed by atoms with Gasteiger partial charge in [-0.05, 0) is 26.0 Å². The number of hydrogen-bond donors (Lipinski definition) is 3. The van der Waals surface area contributed by atoms with Crippen LogP contribution in [0.25, 0.3) is 0 Å². The molecule has 100 valence electrons. The van der Waals surface area contributed by atoms with E-state index in [9.17, 15) is 4.79 Å². The first-order valence-electron chi connectivity index (χ1n) is 5.83. The molecule has 0 aliphatic heterocycles. The van der Waals surface area contributed by atoms with Crippen molar-refractivity contribution in [3.63, 3.8) is 0 Å². The summed E-state index contributed by atoms with van der Waals surface area (Å²) in [6.45, 7) is 4.20. The number of H-pyrrole nitrogens is 1. The maximum absolute atomic E-state index is 12.1. The molecule has 0 fully saturated rings. The van der Waals surface area contributed by atoms with E-state index in [0.29, 0.717) is 22.8 Å². The highest BCUT2D eigenvalue weighted by molar-refractivity contribution is 6.33. The van der Waals surface area contributed by atoms with Crippen LogP contribution >= 0.6 is 11.6 Å². The van der Waals surface area contributed by atoms with Crippen molar-refractivity contribution in [2.24, 2.45) is 0 Å². The lowest BCUT2D eigenvalue weighted by Crippen LogP contribution is -2.24. The summed E-state index contributed by atoms with van der Waals surface area (Å²) in [5.41, 5.74) is 9.25. The van der Waals surface area contributed by atoms with Crippen molar-refractivity contribution in [1.82, 2.24) is 15.5 Å². The van der Waals surface area contributed by atoms with Gasteiger partial charge in [0.2, 0.25) is 0 Å². The van der Waals surface area contributed by atoms with Crippen molar-refractivity contribution >= 4 is 23.2 Å². The van der Waals surface area contributed by atoms with Crippen LogP contribution in [0.5, 0.6) is 0 Å². The molecule has 2 aromatic rings. The van der Waals surface area contributed by atoms with E-state index in [-0.39, 0.29) is 5.91 Å². The number of nitrogens with zero attached hydrogens (tertiary/aromatic N) is 1. The number of carbonyl (C=O) groups is 1. The largest absolute Gasteiger partial charge is 0.397 e. The van der Waals surface area contributed by atoms with E-state index in [0.717, 1.165) is 17.0 Å². The summed E-state index contributed by atoms with van der Waals surface area (Å²) in [4.78, 5) is 12.1. The lowest BCUT2D eigenvalue weighted by Gasteiger charge is -2.08. The lowest BCUT2D eigenvalue weighted by molar-refractivity contribution is 0.0952. The molecule has 0 atom stereocenters. The Hall–Kier alpha value is -2.01. The van der Waals surface area contributed by atoms with E-state index in [4.69, 9.17) is 17.3 Å². The molecule has 0 saturated carbocycles. The van der Waals surface area contributed by atoms with Gasteiger partial charge in [-0.25, -0.2) is 0 Å². The van der Waals surface area contributed by atoms with Gasteiger partial charge in [0.05, 0.1) is 22.0 Å². The third-order valence-corrected chi connectivity index (χ3v) is 3.33. The minimum absolute atomic E-state index is 0.250. The van der Waals surface area contributed by atoms with Gasteiger partial charge in [0.25, 0.3) is 5.91 Å². The van der Waals surface area contributed by atoms with Crippen molar-refractivity contribution in [2.45, 2.75) is 20.4 Å². The van der Waals surface area contributed by atoms with E-state index < -0.39 is 0 Å². The highest BCUT2D eigenvalue weighted by Crippen LogP contribution is 2.22. The molecule has 1 heterocycles. The van der Waals surface area contributed by atoms with Crippen molar-refractivity contribution in [1.29, 1.82) is 0 Å². The van der Waals surface area contributed by atoms with Crippen LogP contribution < -0.4 is 11.1 Å². The zero-order valence-electron chi connectivity index (χ0n) is 10.7. The van der Waals surface area contributed by atoms with Gasteiger partial charge in [0.1, 0.15) is 0 Å². The van der Waals surface area contributed by atoms with Crippen molar-refractivity contribution in [3.05, 3.63) is 45.7 Å². The number of para-hydroxylation sites is 1. The molecule has 0 bridgehead atoms. The Kier molecular flexibility index (Phi) is 3.76. The average Bonchev–Trinajstić information content (AvgIpc) is 2.70. The average molecular weight is 279 g/mol. The predicted molar refractivity (Wildman–Crippen MR) is 75.1 cm³/mol. The van der Waals surface area contributed by atoms with Gasteiger partial charge in [0, 0.05) is 17.8 Å². The van der Waals surface area contributed by atoms with E-state index in [2.05, 4.69) is 15.5 Å². The Morgan fingerprint density at radius 1 is 1.47 bits per heavy atom. The maximum Gasteiger partial charge on any atom is 0.253 e. The fourth-order valence-corrected chi connectivity index (χ4v) is 2.01. The van der Waals surface area contributed by atoms with E-state index in [1.54, 1.807) is 18.2 Å². The molecule has 1 amide bonds. The van der Waals surface area contributed by atoms with E-state index in [1.807, 2.05) is 13.8 Å². The summed E-state index contributed by atoms with van der Waals surface area (Å²) < 4.78 is 0. The summed E-state index contributed by atoms with van der Waals surface area (Å²) >= 11 is 5.89. The zero-order valence-corrected chi connectivity index (χ0v) is 11.5. The second kappa shape index (κ2) is 5.32. The molecule has 2 rings (SSSR count). The second-order valence-electron chi connectivity index (χ2n) is 4.30. The monoisotopic (exact) mass is 278 g/mol. The SMILES string of the molecule is Cc1n[nH]c(C)c1CNC(=O)c1cccc(Cl)c1N. The van der Waals surface area contributed by atoms with Crippen LogP contribution in [0.15, 0.2) is 18.2 Å². The third-order valence-electron chi connectivity index (χ3n) is 3.00. The standard InChI is InChI=1S/C13H15ClN4O/c1-7-10(8(2)18-17-7)6-16-13(19)9-4-3-5-11(14)12(9)15/h3-5H,6,15H2,1-2H3,(H,16,19)(H,17,18). The minimum atomic E-state index is -0.250. The summed E-state index contributed by atoms with van der Waals surface area (Å²) in [6, 6.07) is 4.99. The van der Waals surface area contributed by atoms with Gasteiger partial charge in [-0.3, -0.25) is 9.89 Å². The predicted octanol–water partition coefficient (Wildman–Crippen LogP) is 2.19. The van der Waals surface area contributed by atoms with Crippen LogP contribution in [0.1, 0.15) is 27.3 Å². The normalized spacial score (nSPS) is 10.5. The van der Waals surface area contributed by atoms with Gasteiger partial charge in [-0.15, -0.1) is 0 Å². The first kappa shape index (κ1) is 13.4. The van der Waals surface area contributed by atoms with Crippen molar-refractivity contribution < 1.29 is 4.79 Å². The molecule has 1 aromatic heterocycles. The second-order valence-corrected chi connectivity index (χ2v) is 4.70. The molecule has 5 nitrogen and oxygen atoms in total. The lowest BCUT2D eigenvalue weighted by atomic mass is 10.1. The number of amides is 1. The highest BCUT2D eigenvalue weighted by atomic mass is 35.5. The molecule has 0 aliphatic rings. The first-order chi connectivity index (χ1) is 9.00. The number of nitrogens with one attached hydrogen (secondary N) is 2. The smallest absolute Gasteiger partial charge is 0.253 e. The van der Waals surface area contributed by atoms with Gasteiger partial charge in [-0.2, -0.15) is 5.10 Å². The number of anilines is 1. The third kappa shape index (κ3) is 2.71. The van der Waals surface area contributed by atoms with E-state index >= 15 is 0 Å². The number of rotatable bonds is 3. The number of aryl methyl sites for hydroxylation is 2. The summed E-state index contributed by atoms with van der Waals surface area (Å²) in [7, 11) is 0. The molecule has 6 heteroatoms. The molecular weight excluding hydrogens is 264 g/mol. The van der Waals surface area contributed by atoms with Crippen LogP contribution in [-0.2, 0) is 6.54 Å². The van der Waals surface area contributed by atoms with Crippen molar-refractivity contribution in [3.8, 4) is 0 Å². The van der Waals surface area contributed by atoms with Crippen LogP contribution in [0.2, 0.25) is 5.02 Å². The number of carbonyl (C=O) groups excluding carboxylic acids is 1. The molecule has 0 radical (unpaired) electrons. The molecular formula is C13H15ClN4O. The maximum atomic E-state index is 12.1. The van der Waals surface area contributed by atoms with Crippen molar-refractivity contribution in [2.75, 3.05) is 5.73 Å². The van der Waals surface area contributed by atoms with Crippen LogP contribution in [0.3, 0.4) is 0 Å². The topological polar surface area (TPSA) is 83.8 Å². The quantitative estimate of drug-likeness (QED) is 0.753. The zero-order chi connectivity index (χ0) is 14.0. The Morgan fingerprint density at radius 2 is 2.21 bits per heavy atom.